The molecule has 2 rings (SSSR count). The number of aliphatic hydroxyl groups is 1. The Labute approximate surface area is 113 Å². The summed E-state index contributed by atoms with van der Waals surface area (Å²) in [4.78, 5) is 0. The van der Waals surface area contributed by atoms with E-state index in [4.69, 9.17) is 9.47 Å². The van der Waals surface area contributed by atoms with E-state index in [1.54, 1.807) is 13.2 Å². The van der Waals surface area contributed by atoms with Crippen molar-refractivity contribution in [2.75, 3.05) is 20.3 Å². The summed E-state index contributed by atoms with van der Waals surface area (Å²) in [5, 5.41) is 10.5. The Balaban J connectivity index is 2.12. The molecular formula is C15H21FO3. The standard InChI is InChI=1S/C15H21FO3/c1-11-9-13(16)4-3-12(11)10-14(17)15(18-2)5-7-19-8-6-15/h3-4,9,14,17H,5-8,10H2,1-2H3. The third-order valence-corrected chi connectivity index (χ3v) is 4.07. The normalized spacial score (nSPS) is 20.2. The first-order valence-electron chi connectivity index (χ1n) is 6.63. The molecule has 0 spiro atoms. The Morgan fingerprint density at radius 3 is 2.68 bits per heavy atom. The van der Waals surface area contributed by atoms with Crippen molar-refractivity contribution in [3.05, 3.63) is 35.1 Å². The van der Waals surface area contributed by atoms with Crippen molar-refractivity contribution in [3.63, 3.8) is 0 Å². The molecule has 0 amide bonds. The van der Waals surface area contributed by atoms with Gasteiger partial charge in [-0.3, -0.25) is 0 Å². The number of hydrogen-bond acceptors (Lipinski definition) is 3. The SMILES string of the molecule is COC1(C(O)Cc2ccc(F)cc2C)CCOCC1. The Bertz CT molecular complexity index is 427. The molecule has 1 aromatic rings. The van der Waals surface area contributed by atoms with Crippen LogP contribution in [0.1, 0.15) is 24.0 Å². The highest BCUT2D eigenvalue weighted by Gasteiger charge is 2.39. The number of hydrogen-bond donors (Lipinski definition) is 1. The highest BCUT2D eigenvalue weighted by molar-refractivity contribution is 5.27. The predicted molar refractivity (Wildman–Crippen MR) is 70.6 cm³/mol. The van der Waals surface area contributed by atoms with E-state index in [1.165, 1.54) is 12.1 Å². The summed E-state index contributed by atoms with van der Waals surface area (Å²) in [6.45, 7) is 3.06. The summed E-state index contributed by atoms with van der Waals surface area (Å²) in [7, 11) is 1.63. The van der Waals surface area contributed by atoms with Crippen LogP contribution in [0.15, 0.2) is 18.2 Å². The van der Waals surface area contributed by atoms with Gasteiger partial charge in [0.05, 0.1) is 11.7 Å². The number of rotatable bonds is 4. The molecule has 1 heterocycles. The average molecular weight is 268 g/mol. The molecule has 3 nitrogen and oxygen atoms in total. The van der Waals surface area contributed by atoms with Crippen LogP contribution in [0.3, 0.4) is 0 Å². The molecule has 1 aliphatic rings. The first kappa shape index (κ1) is 14.4. The summed E-state index contributed by atoms with van der Waals surface area (Å²) >= 11 is 0. The van der Waals surface area contributed by atoms with E-state index in [2.05, 4.69) is 0 Å². The first-order valence-corrected chi connectivity index (χ1v) is 6.63. The second-order valence-electron chi connectivity index (χ2n) is 5.17. The molecule has 0 bridgehead atoms. The fraction of sp³-hybridized carbons (Fsp3) is 0.600. The van der Waals surface area contributed by atoms with Crippen molar-refractivity contribution in [3.8, 4) is 0 Å². The van der Waals surface area contributed by atoms with E-state index in [1.807, 2.05) is 6.92 Å². The van der Waals surface area contributed by atoms with Crippen LogP contribution < -0.4 is 0 Å². The van der Waals surface area contributed by atoms with Gasteiger partial charge in [-0.1, -0.05) is 6.07 Å². The van der Waals surface area contributed by atoms with Crippen molar-refractivity contribution in [1.82, 2.24) is 0 Å². The fourth-order valence-corrected chi connectivity index (χ4v) is 2.67. The molecule has 0 saturated carbocycles. The van der Waals surface area contributed by atoms with Gasteiger partial charge in [0.2, 0.25) is 0 Å². The summed E-state index contributed by atoms with van der Waals surface area (Å²) in [6.07, 6.45) is 1.24. The van der Waals surface area contributed by atoms with Gasteiger partial charge in [-0.15, -0.1) is 0 Å². The molecule has 106 valence electrons. The highest BCUT2D eigenvalue weighted by atomic mass is 19.1. The van der Waals surface area contributed by atoms with Crippen LogP contribution in [0.25, 0.3) is 0 Å². The lowest BCUT2D eigenvalue weighted by molar-refractivity contribution is -0.151. The van der Waals surface area contributed by atoms with E-state index >= 15 is 0 Å². The topological polar surface area (TPSA) is 38.7 Å². The smallest absolute Gasteiger partial charge is 0.123 e. The number of aryl methyl sites for hydroxylation is 1. The lowest BCUT2D eigenvalue weighted by Gasteiger charge is -2.40. The van der Waals surface area contributed by atoms with Gasteiger partial charge in [0.1, 0.15) is 5.82 Å². The van der Waals surface area contributed by atoms with Gasteiger partial charge in [-0.2, -0.15) is 0 Å². The Morgan fingerprint density at radius 1 is 1.42 bits per heavy atom. The fourth-order valence-electron chi connectivity index (χ4n) is 2.67. The van der Waals surface area contributed by atoms with Crippen LogP contribution in [0.2, 0.25) is 0 Å². The Hall–Kier alpha value is -0.970. The third kappa shape index (κ3) is 3.14. The maximum atomic E-state index is 13.1. The summed E-state index contributed by atoms with van der Waals surface area (Å²) < 4.78 is 24.0. The maximum Gasteiger partial charge on any atom is 0.123 e. The number of ether oxygens (including phenoxy) is 2. The van der Waals surface area contributed by atoms with Crippen molar-refractivity contribution in [1.29, 1.82) is 0 Å². The molecule has 1 aliphatic heterocycles. The minimum atomic E-state index is -0.606. The number of benzene rings is 1. The van der Waals surface area contributed by atoms with Crippen molar-refractivity contribution in [2.24, 2.45) is 0 Å². The van der Waals surface area contributed by atoms with Crippen LogP contribution in [0, 0.1) is 12.7 Å². The molecule has 1 fully saturated rings. The molecule has 19 heavy (non-hydrogen) atoms. The average Bonchev–Trinajstić information content (AvgIpc) is 2.42. The second kappa shape index (κ2) is 5.99. The van der Waals surface area contributed by atoms with E-state index in [0.29, 0.717) is 32.5 Å². The molecular weight excluding hydrogens is 247 g/mol. The second-order valence-corrected chi connectivity index (χ2v) is 5.17. The quantitative estimate of drug-likeness (QED) is 0.910. The van der Waals surface area contributed by atoms with Crippen LogP contribution >= 0.6 is 0 Å². The molecule has 1 atom stereocenters. The Morgan fingerprint density at radius 2 is 2.11 bits per heavy atom. The maximum absolute atomic E-state index is 13.1. The van der Waals surface area contributed by atoms with Crippen LogP contribution in [-0.4, -0.2) is 37.1 Å². The number of methoxy groups -OCH3 is 1. The van der Waals surface area contributed by atoms with Gasteiger partial charge >= 0.3 is 0 Å². The van der Waals surface area contributed by atoms with Gasteiger partial charge < -0.3 is 14.6 Å². The minimum absolute atomic E-state index is 0.247. The molecule has 4 heteroatoms. The monoisotopic (exact) mass is 268 g/mol. The van der Waals surface area contributed by atoms with E-state index in [9.17, 15) is 9.50 Å². The van der Waals surface area contributed by atoms with Gasteiger partial charge in [-0.05, 0) is 30.2 Å². The summed E-state index contributed by atoms with van der Waals surface area (Å²) in [5.74, 6) is -0.247. The lowest BCUT2D eigenvalue weighted by atomic mass is 9.84. The minimum Gasteiger partial charge on any atom is -0.390 e. The van der Waals surface area contributed by atoms with Gasteiger partial charge in [0.15, 0.2) is 0 Å². The molecule has 0 aromatic heterocycles. The van der Waals surface area contributed by atoms with Crippen molar-refractivity contribution in [2.45, 2.75) is 37.9 Å². The zero-order valence-electron chi connectivity index (χ0n) is 11.5. The van der Waals surface area contributed by atoms with Crippen molar-refractivity contribution >= 4 is 0 Å². The molecule has 1 aromatic carbocycles. The molecule has 1 N–H and O–H groups in total. The molecule has 0 radical (unpaired) electrons. The zero-order valence-corrected chi connectivity index (χ0v) is 11.5. The lowest BCUT2D eigenvalue weighted by Crippen LogP contribution is -2.49. The Kier molecular flexibility index (Phi) is 4.55. The highest BCUT2D eigenvalue weighted by Crippen LogP contribution is 2.30. The van der Waals surface area contributed by atoms with Crippen LogP contribution in [0.5, 0.6) is 0 Å². The van der Waals surface area contributed by atoms with E-state index < -0.39 is 11.7 Å². The number of aliphatic hydroxyl groups excluding tert-OH is 1. The van der Waals surface area contributed by atoms with Crippen molar-refractivity contribution < 1.29 is 19.0 Å². The van der Waals surface area contributed by atoms with E-state index in [-0.39, 0.29) is 5.82 Å². The largest absolute Gasteiger partial charge is 0.390 e. The summed E-state index contributed by atoms with van der Waals surface area (Å²) in [5.41, 5.74) is 1.27. The van der Waals surface area contributed by atoms with Crippen LogP contribution in [-0.2, 0) is 15.9 Å². The van der Waals surface area contributed by atoms with Gasteiger partial charge in [0, 0.05) is 39.6 Å². The predicted octanol–water partition coefficient (Wildman–Crippen LogP) is 2.23. The van der Waals surface area contributed by atoms with Gasteiger partial charge in [0.25, 0.3) is 0 Å². The molecule has 1 saturated heterocycles. The van der Waals surface area contributed by atoms with Gasteiger partial charge in [-0.25, -0.2) is 4.39 Å². The summed E-state index contributed by atoms with van der Waals surface area (Å²) in [6, 6.07) is 4.65. The third-order valence-electron chi connectivity index (χ3n) is 4.07. The molecule has 0 aliphatic carbocycles. The van der Waals surface area contributed by atoms with E-state index in [0.717, 1.165) is 11.1 Å². The van der Waals surface area contributed by atoms with Crippen LogP contribution in [0.4, 0.5) is 4.39 Å². The number of halogens is 1. The molecule has 1 unspecified atom stereocenters. The first-order chi connectivity index (χ1) is 9.07. The zero-order chi connectivity index (χ0) is 13.9.